The topological polar surface area (TPSA) is 57.7 Å². The highest BCUT2D eigenvalue weighted by Gasteiger charge is 2.64. The average molecular weight is 378 g/mol. The van der Waals surface area contributed by atoms with Crippen LogP contribution in [0.1, 0.15) is 50.2 Å². The van der Waals surface area contributed by atoms with Crippen molar-refractivity contribution in [1.82, 2.24) is 4.90 Å². The molecule has 2 saturated heterocycles. The van der Waals surface area contributed by atoms with E-state index >= 15 is 0 Å². The number of aryl methyl sites for hydroxylation is 1. The second-order valence-corrected chi connectivity index (χ2v) is 8.76. The second-order valence-electron chi connectivity index (χ2n) is 8.76. The minimum Gasteiger partial charge on any atom is -0.353 e. The normalized spacial score (nSPS) is 31.8. The summed E-state index contributed by atoms with van der Waals surface area (Å²) in [6.07, 6.45) is 9.17. The zero-order valence-corrected chi connectivity index (χ0v) is 16.4. The van der Waals surface area contributed by atoms with E-state index in [9.17, 15) is 14.4 Å². The van der Waals surface area contributed by atoms with E-state index in [-0.39, 0.29) is 29.7 Å². The summed E-state index contributed by atoms with van der Waals surface area (Å²) in [5, 5.41) is 0. The summed E-state index contributed by atoms with van der Waals surface area (Å²) in [6, 6.07) is 5.36. The van der Waals surface area contributed by atoms with Crippen molar-refractivity contribution in [3.63, 3.8) is 0 Å². The van der Waals surface area contributed by atoms with Crippen molar-refractivity contribution in [2.45, 2.75) is 64.1 Å². The van der Waals surface area contributed by atoms with Gasteiger partial charge >= 0.3 is 0 Å². The number of nitrogens with zero attached hydrogens (tertiary/aromatic N) is 2. The molecule has 0 radical (unpaired) electrons. The van der Waals surface area contributed by atoms with Gasteiger partial charge in [-0.25, -0.2) is 0 Å². The van der Waals surface area contributed by atoms with Gasteiger partial charge in [0.05, 0.1) is 17.9 Å². The van der Waals surface area contributed by atoms with E-state index in [0.717, 1.165) is 42.5 Å². The van der Waals surface area contributed by atoms with E-state index in [2.05, 4.69) is 6.07 Å². The molecule has 1 saturated carbocycles. The fourth-order valence-electron chi connectivity index (χ4n) is 5.87. The van der Waals surface area contributed by atoms with Crippen molar-refractivity contribution in [3.8, 4) is 0 Å². The van der Waals surface area contributed by atoms with E-state index in [0.29, 0.717) is 0 Å². The molecule has 1 aromatic carbocycles. The first-order valence-corrected chi connectivity index (χ1v) is 10.4. The molecule has 1 aromatic rings. The van der Waals surface area contributed by atoms with Crippen molar-refractivity contribution in [2.24, 2.45) is 11.8 Å². The maximum absolute atomic E-state index is 13.4. The van der Waals surface area contributed by atoms with Crippen LogP contribution in [-0.4, -0.2) is 40.6 Å². The van der Waals surface area contributed by atoms with Crippen molar-refractivity contribution in [2.75, 3.05) is 4.90 Å². The Bertz CT molecular complexity index is 899. The second kappa shape index (κ2) is 6.29. The molecule has 5 heteroatoms. The zero-order valence-electron chi connectivity index (χ0n) is 16.4. The van der Waals surface area contributed by atoms with E-state index in [4.69, 9.17) is 0 Å². The van der Waals surface area contributed by atoms with Gasteiger partial charge in [-0.2, -0.15) is 0 Å². The van der Waals surface area contributed by atoms with Gasteiger partial charge < -0.3 is 4.90 Å². The lowest BCUT2D eigenvalue weighted by molar-refractivity contribution is -0.144. The molecule has 0 N–H and O–H groups in total. The molecule has 4 aliphatic rings. The Balaban J connectivity index is 1.57. The summed E-state index contributed by atoms with van der Waals surface area (Å²) in [4.78, 5) is 43.1. The van der Waals surface area contributed by atoms with Gasteiger partial charge in [0.1, 0.15) is 6.04 Å². The standard InChI is InChI=1S/C23H26N2O3/c1-13-8-10-17-15(12-13)9-11-18-19-20(21(14(2)26)25(17)18)23(28)24(22(19)27)16-6-4-3-5-7-16/h8-12,16,18-21H,3-7H2,1-2H3/t18-,19-,20-,21-/m1/s1. The van der Waals surface area contributed by atoms with Crippen LogP contribution in [0.4, 0.5) is 5.69 Å². The van der Waals surface area contributed by atoms with Gasteiger partial charge in [-0.3, -0.25) is 19.3 Å². The third kappa shape index (κ3) is 2.34. The molecule has 4 atom stereocenters. The number of rotatable bonds is 2. The summed E-state index contributed by atoms with van der Waals surface area (Å²) < 4.78 is 0. The molecular formula is C23H26N2O3. The van der Waals surface area contributed by atoms with Crippen LogP contribution in [0.2, 0.25) is 0 Å². The van der Waals surface area contributed by atoms with Crippen LogP contribution in [-0.2, 0) is 14.4 Å². The average Bonchev–Trinajstić information content (AvgIpc) is 3.15. The molecule has 28 heavy (non-hydrogen) atoms. The highest BCUT2D eigenvalue weighted by molar-refractivity contribution is 6.11. The third-order valence-corrected chi connectivity index (χ3v) is 7.05. The molecule has 146 valence electrons. The van der Waals surface area contributed by atoms with Crippen LogP contribution < -0.4 is 4.90 Å². The molecule has 0 aromatic heterocycles. The number of likely N-dealkylation sites (tertiary alicyclic amines) is 1. The smallest absolute Gasteiger partial charge is 0.236 e. The van der Waals surface area contributed by atoms with Gasteiger partial charge in [-0.05, 0) is 44.4 Å². The maximum Gasteiger partial charge on any atom is 0.236 e. The summed E-state index contributed by atoms with van der Waals surface area (Å²) in [7, 11) is 0. The van der Waals surface area contributed by atoms with Crippen molar-refractivity contribution in [3.05, 3.63) is 35.4 Å². The number of ketones is 1. The Morgan fingerprint density at radius 3 is 2.46 bits per heavy atom. The highest BCUT2D eigenvalue weighted by atomic mass is 16.2. The Hall–Kier alpha value is -2.43. The van der Waals surface area contributed by atoms with E-state index < -0.39 is 17.9 Å². The van der Waals surface area contributed by atoms with Crippen LogP contribution in [0.15, 0.2) is 24.3 Å². The van der Waals surface area contributed by atoms with E-state index in [1.807, 2.05) is 36.1 Å². The third-order valence-electron chi connectivity index (χ3n) is 7.05. The Morgan fingerprint density at radius 2 is 1.75 bits per heavy atom. The van der Waals surface area contributed by atoms with E-state index in [1.165, 1.54) is 6.42 Å². The van der Waals surface area contributed by atoms with Crippen LogP contribution in [0.25, 0.3) is 6.08 Å². The van der Waals surface area contributed by atoms with Crippen molar-refractivity contribution >= 4 is 29.4 Å². The molecule has 5 nitrogen and oxygen atoms in total. The lowest BCUT2D eigenvalue weighted by Crippen LogP contribution is -2.50. The first-order chi connectivity index (χ1) is 13.5. The van der Waals surface area contributed by atoms with Gasteiger partial charge in [-0.1, -0.05) is 43.0 Å². The number of Topliss-reactive ketones (excluding diaryl/α,β-unsaturated/α-hetero) is 1. The molecule has 1 aliphatic carbocycles. The lowest BCUT2D eigenvalue weighted by atomic mass is 9.88. The fourth-order valence-corrected chi connectivity index (χ4v) is 5.87. The van der Waals surface area contributed by atoms with Gasteiger partial charge in [-0.15, -0.1) is 0 Å². The minimum atomic E-state index is -0.563. The number of hydrogen-bond acceptors (Lipinski definition) is 4. The molecule has 0 unspecified atom stereocenters. The molecule has 3 aliphatic heterocycles. The minimum absolute atomic E-state index is 0.0166. The SMILES string of the molecule is CC(=O)[C@@H]1[C@@H]2C(=O)N(C3CCCCC3)C(=O)[C@@H]2[C@H]2C=Cc3cc(C)ccc3N21. The van der Waals surface area contributed by atoms with Gasteiger partial charge in [0.15, 0.2) is 5.78 Å². The molecule has 2 amide bonds. The number of amides is 2. The summed E-state index contributed by atoms with van der Waals surface area (Å²) in [5.74, 6) is -1.24. The number of carbonyl (C=O) groups excluding carboxylic acids is 3. The molecule has 5 rings (SSSR count). The first-order valence-electron chi connectivity index (χ1n) is 10.4. The first kappa shape index (κ1) is 17.7. The summed E-state index contributed by atoms with van der Waals surface area (Å²) in [5.41, 5.74) is 3.15. The van der Waals surface area contributed by atoms with Crippen LogP contribution >= 0.6 is 0 Å². The lowest BCUT2D eigenvalue weighted by Gasteiger charge is -2.37. The summed E-state index contributed by atoms with van der Waals surface area (Å²) in [6.45, 7) is 3.59. The number of hydrogen-bond donors (Lipinski definition) is 0. The number of benzene rings is 1. The quantitative estimate of drug-likeness (QED) is 0.742. The van der Waals surface area contributed by atoms with Crippen molar-refractivity contribution in [1.29, 1.82) is 0 Å². The molecule has 3 heterocycles. The van der Waals surface area contributed by atoms with Crippen molar-refractivity contribution < 1.29 is 14.4 Å². The largest absolute Gasteiger partial charge is 0.353 e. The molecule has 3 fully saturated rings. The maximum atomic E-state index is 13.4. The zero-order chi connectivity index (χ0) is 19.6. The molecular weight excluding hydrogens is 352 g/mol. The predicted octanol–water partition coefficient (Wildman–Crippen LogP) is 3.10. The molecule has 0 spiro atoms. The highest BCUT2D eigenvalue weighted by Crippen LogP contribution is 2.49. The van der Waals surface area contributed by atoms with Gasteiger partial charge in [0.25, 0.3) is 0 Å². The van der Waals surface area contributed by atoms with Gasteiger partial charge in [0.2, 0.25) is 11.8 Å². The number of fused-ring (bicyclic) bond motifs is 5. The molecule has 0 bridgehead atoms. The Morgan fingerprint density at radius 1 is 1.04 bits per heavy atom. The number of carbonyl (C=O) groups is 3. The van der Waals surface area contributed by atoms with Crippen LogP contribution in [0.3, 0.4) is 0 Å². The predicted molar refractivity (Wildman–Crippen MR) is 107 cm³/mol. The fraction of sp³-hybridized carbons (Fsp3) is 0.522. The Kier molecular flexibility index (Phi) is 3.97. The Labute approximate surface area is 165 Å². The number of anilines is 1. The number of imide groups is 1. The van der Waals surface area contributed by atoms with E-state index in [1.54, 1.807) is 11.8 Å². The summed E-state index contributed by atoms with van der Waals surface area (Å²) >= 11 is 0. The monoisotopic (exact) mass is 378 g/mol. The van der Waals surface area contributed by atoms with Crippen LogP contribution in [0.5, 0.6) is 0 Å². The van der Waals surface area contributed by atoms with Crippen LogP contribution in [0, 0.1) is 18.8 Å². The van der Waals surface area contributed by atoms with Gasteiger partial charge in [0, 0.05) is 11.7 Å².